The smallest absolute Gasteiger partial charge is 0.333 e. The number of halogens is 2. The maximum atomic E-state index is 13.5. The molecular formula is C11H10F2N4O2. The van der Waals surface area contributed by atoms with Crippen LogP contribution in [0.5, 0.6) is 0 Å². The summed E-state index contributed by atoms with van der Waals surface area (Å²) in [5.41, 5.74) is 5.58. The second-order valence-electron chi connectivity index (χ2n) is 3.97. The first-order valence-electron chi connectivity index (χ1n) is 5.31. The molecule has 2 aromatic rings. The highest BCUT2D eigenvalue weighted by Crippen LogP contribution is 2.26. The number of nitro groups is 1. The Labute approximate surface area is 106 Å². The van der Waals surface area contributed by atoms with Crippen LogP contribution in [0.3, 0.4) is 0 Å². The average molecular weight is 268 g/mol. The van der Waals surface area contributed by atoms with E-state index in [0.717, 1.165) is 16.8 Å². The zero-order valence-electron chi connectivity index (χ0n) is 9.93. The van der Waals surface area contributed by atoms with Gasteiger partial charge in [0.2, 0.25) is 5.82 Å². The Hall–Kier alpha value is -2.51. The highest BCUT2D eigenvalue weighted by atomic mass is 19.1. The third kappa shape index (κ3) is 2.37. The lowest BCUT2D eigenvalue weighted by Gasteiger charge is -2.05. The first kappa shape index (κ1) is 12.9. The van der Waals surface area contributed by atoms with Gasteiger partial charge in [-0.15, -0.1) is 0 Å². The van der Waals surface area contributed by atoms with Crippen LogP contribution in [0.4, 0.5) is 20.3 Å². The van der Waals surface area contributed by atoms with Crippen molar-refractivity contribution in [3.8, 4) is 0 Å². The lowest BCUT2D eigenvalue weighted by Crippen LogP contribution is -2.08. The van der Waals surface area contributed by atoms with Crippen molar-refractivity contribution in [3.05, 3.63) is 51.2 Å². The van der Waals surface area contributed by atoms with Gasteiger partial charge in [0.25, 0.3) is 0 Å². The van der Waals surface area contributed by atoms with E-state index in [1.807, 2.05) is 0 Å². The lowest BCUT2D eigenvalue weighted by atomic mass is 10.2. The first-order chi connectivity index (χ1) is 8.90. The second-order valence-corrected chi connectivity index (χ2v) is 3.97. The van der Waals surface area contributed by atoms with Gasteiger partial charge in [-0.25, -0.2) is 13.5 Å². The molecule has 19 heavy (non-hydrogen) atoms. The molecule has 0 saturated carbocycles. The Morgan fingerprint density at radius 3 is 2.68 bits per heavy atom. The minimum absolute atomic E-state index is 0.105. The molecule has 0 aliphatic heterocycles. The molecule has 1 heterocycles. The summed E-state index contributed by atoms with van der Waals surface area (Å²) >= 11 is 0. The molecule has 6 nitrogen and oxygen atoms in total. The molecule has 0 aliphatic rings. The van der Waals surface area contributed by atoms with Gasteiger partial charge in [-0.2, -0.15) is 5.10 Å². The standard InChI is InChI=1S/C11H10F2N4O2/c1-6-10(17(18)19)11(14)16(15-6)5-7-2-3-8(12)4-9(7)13/h2-4H,5,14H2,1H3. The third-order valence-electron chi connectivity index (χ3n) is 2.65. The number of nitrogens with zero attached hydrogens (tertiary/aromatic N) is 3. The number of aryl methyl sites for hydroxylation is 1. The number of aromatic nitrogens is 2. The van der Waals surface area contributed by atoms with Crippen molar-refractivity contribution >= 4 is 11.5 Å². The SMILES string of the molecule is Cc1nn(Cc2ccc(F)cc2F)c(N)c1[N+](=O)[O-]. The second kappa shape index (κ2) is 4.63. The Balaban J connectivity index is 2.39. The molecule has 0 amide bonds. The van der Waals surface area contributed by atoms with E-state index in [0.29, 0.717) is 0 Å². The predicted molar refractivity (Wildman–Crippen MR) is 63.5 cm³/mol. The Kier molecular flexibility index (Phi) is 3.16. The molecule has 0 atom stereocenters. The molecule has 0 bridgehead atoms. The molecule has 100 valence electrons. The van der Waals surface area contributed by atoms with E-state index >= 15 is 0 Å². The fourth-order valence-electron chi connectivity index (χ4n) is 1.75. The van der Waals surface area contributed by atoms with Crippen LogP contribution in [-0.4, -0.2) is 14.7 Å². The van der Waals surface area contributed by atoms with Gasteiger partial charge >= 0.3 is 5.69 Å². The summed E-state index contributed by atoms with van der Waals surface area (Å²) < 4.78 is 27.4. The molecule has 2 N–H and O–H groups in total. The van der Waals surface area contributed by atoms with E-state index in [4.69, 9.17) is 5.73 Å². The molecule has 1 aromatic carbocycles. The van der Waals surface area contributed by atoms with Crippen molar-refractivity contribution in [1.82, 2.24) is 9.78 Å². The van der Waals surface area contributed by atoms with Crippen LogP contribution < -0.4 is 5.73 Å². The maximum absolute atomic E-state index is 13.5. The number of nitrogen functional groups attached to an aromatic ring is 1. The largest absolute Gasteiger partial charge is 0.378 e. The van der Waals surface area contributed by atoms with Crippen molar-refractivity contribution in [3.63, 3.8) is 0 Å². The molecule has 2 rings (SSSR count). The summed E-state index contributed by atoms with van der Waals surface area (Å²) in [7, 11) is 0. The van der Waals surface area contributed by atoms with Crippen molar-refractivity contribution in [1.29, 1.82) is 0 Å². The van der Waals surface area contributed by atoms with E-state index in [9.17, 15) is 18.9 Å². The van der Waals surface area contributed by atoms with Crippen molar-refractivity contribution in [2.45, 2.75) is 13.5 Å². The number of hydrogen-bond acceptors (Lipinski definition) is 4. The topological polar surface area (TPSA) is 87.0 Å². The van der Waals surface area contributed by atoms with Crippen molar-refractivity contribution in [2.24, 2.45) is 0 Å². The first-order valence-corrected chi connectivity index (χ1v) is 5.31. The van der Waals surface area contributed by atoms with Gasteiger partial charge in [-0.3, -0.25) is 10.1 Å². The van der Waals surface area contributed by atoms with Crippen LogP contribution in [0.2, 0.25) is 0 Å². The predicted octanol–water partition coefficient (Wildman–Crippen LogP) is 2.01. The minimum Gasteiger partial charge on any atom is -0.378 e. The Bertz CT molecular complexity index is 654. The maximum Gasteiger partial charge on any atom is 0.333 e. The van der Waals surface area contributed by atoms with Crippen LogP contribution in [-0.2, 0) is 6.54 Å². The van der Waals surface area contributed by atoms with Crippen LogP contribution in [0.1, 0.15) is 11.3 Å². The summed E-state index contributed by atoms with van der Waals surface area (Å²) in [6.45, 7) is 1.33. The van der Waals surface area contributed by atoms with Gasteiger partial charge in [0.15, 0.2) is 0 Å². The summed E-state index contributed by atoms with van der Waals surface area (Å²) in [5.74, 6) is -1.61. The van der Waals surface area contributed by atoms with E-state index in [1.165, 1.54) is 13.0 Å². The van der Waals surface area contributed by atoms with Gasteiger partial charge < -0.3 is 5.73 Å². The normalized spacial score (nSPS) is 10.7. The molecule has 0 fully saturated rings. The van der Waals surface area contributed by atoms with Gasteiger partial charge in [0.05, 0.1) is 11.5 Å². The Morgan fingerprint density at radius 2 is 2.16 bits per heavy atom. The van der Waals surface area contributed by atoms with Crippen molar-refractivity contribution in [2.75, 3.05) is 5.73 Å². The van der Waals surface area contributed by atoms with Gasteiger partial charge in [0, 0.05) is 11.6 Å². The Morgan fingerprint density at radius 1 is 1.47 bits per heavy atom. The van der Waals surface area contributed by atoms with Crippen LogP contribution >= 0.6 is 0 Å². The fraction of sp³-hybridized carbons (Fsp3) is 0.182. The van der Waals surface area contributed by atoms with Crippen LogP contribution in [0.25, 0.3) is 0 Å². The highest BCUT2D eigenvalue weighted by molar-refractivity contribution is 5.56. The molecular weight excluding hydrogens is 258 g/mol. The van der Waals surface area contributed by atoms with E-state index in [2.05, 4.69) is 5.10 Å². The fourth-order valence-corrected chi connectivity index (χ4v) is 1.75. The molecule has 0 unspecified atom stereocenters. The van der Waals surface area contributed by atoms with Crippen molar-refractivity contribution < 1.29 is 13.7 Å². The molecule has 0 spiro atoms. The van der Waals surface area contributed by atoms with Gasteiger partial charge in [-0.1, -0.05) is 6.07 Å². The average Bonchev–Trinajstić information content (AvgIpc) is 2.58. The van der Waals surface area contributed by atoms with E-state index in [-0.39, 0.29) is 29.3 Å². The molecule has 0 saturated heterocycles. The summed E-state index contributed by atoms with van der Waals surface area (Å²) in [6.07, 6.45) is 0. The van der Waals surface area contributed by atoms with Gasteiger partial charge in [-0.05, 0) is 13.0 Å². The van der Waals surface area contributed by atoms with E-state index < -0.39 is 16.6 Å². The summed E-state index contributed by atoms with van der Waals surface area (Å²) in [4.78, 5) is 10.1. The minimum atomic E-state index is -0.754. The monoisotopic (exact) mass is 268 g/mol. The number of nitrogens with two attached hydrogens (primary N) is 1. The zero-order chi connectivity index (χ0) is 14.2. The summed E-state index contributed by atoms with van der Waals surface area (Å²) in [6, 6.07) is 3.07. The molecule has 0 aliphatic carbocycles. The third-order valence-corrected chi connectivity index (χ3v) is 2.65. The van der Waals surface area contributed by atoms with Crippen LogP contribution in [0.15, 0.2) is 18.2 Å². The van der Waals surface area contributed by atoms with Gasteiger partial charge in [0.1, 0.15) is 17.3 Å². The quantitative estimate of drug-likeness (QED) is 0.681. The number of anilines is 1. The van der Waals surface area contributed by atoms with Crippen LogP contribution in [0, 0.1) is 28.7 Å². The zero-order valence-corrected chi connectivity index (χ0v) is 9.93. The number of benzene rings is 1. The number of hydrogen-bond donors (Lipinski definition) is 1. The molecule has 0 radical (unpaired) electrons. The highest BCUT2D eigenvalue weighted by Gasteiger charge is 2.23. The molecule has 8 heteroatoms. The molecule has 1 aromatic heterocycles. The number of rotatable bonds is 3. The van der Waals surface area contributed by atoms with E-state index in [1.54, 1.807) is 0 Å². The lowest BCUT2D eigenvalue weighted by molar-refractivity contribution is -0.384. The summed E-state index contributed by atoms with van der Waals surface area (Å²) in [5, 5.41) is 14.6.